The van der Waals surface area contributed by atoms with E-state index in [0.29, 0.717) is 23.7 Å². The summed E-state index contributed by atoms with van der Waals surface area (Å²) >= 11 is 0. The molecule has 34 heavy (non-hydrogen) atoms. The second-order valence-corrected chi connectivity index (χ2v) is 12.7. The van der Waals surface area contributed by atoms with Crippen LogP contribution in [0.25, 0.3) is 0 Å². The van der Waals surface area contributed by atoms with E-state index in [1.54, 1.807) is 0 Å². The Morgan fingerprint density at radius 2 is 1.50 bits per heavy atom. The zero-order valence-electron chi connectivity index (χ0n) is 21.5. The van der Waals surface area contributed by atoms with Gasteiger partial charge in [0, 0.05) is 5.92 Å². The molecule has 4 bridgehead atoms. The Morgan fingerprint density at radius 3 is 2.15 bits per heavy atom. The molecule has 2 aromatic carbocycles. The third kappa shape index (κ3) is 4.00. The van der Waals surface area contributed by atoms with Crippen molar-refractivity contribution in [3.63, 3.8) is 0 Å². The Hall–Kier alpha value is -1.80. The topological polar surface area (TPSA) is 18.5 Å². The van der Waals surface area contributed by atoms with Crippen molar-refractivity contribution in [1.82, 2.24) is 0 Å². The summed E-state index contributed by atoms with van der Waals surface area (Å²) in [6.07, 6.45) is 8.71. The first-order chi connectivity index (χ1) is 16.4. The minimum atomic E-state index is -0.197. The second-order valence-electron chi connectivity index (χ2n) is 12.7. The molecular weight excluding hydrogens is 416 g/mol. The predicted octanol–water partition coefficient (Wildman–Crippen LogP) is 8.11. The number of rotatable bonds is 8. The molecule has 7 rings (SSSR count). The summed E-state index contributed by atoms with van der Waals surface area (Å²) in [4.78, 5) is 0. The second kappa shape index (κ2) is 8.70. The number of hydrogen-bond donors (Lipinski definition) is 0. The van der Waals surface area contributed by atoms with E-state index in [4.69, 9.17) is 9.47 Å². The predicted molar refractivity (Wildman–Crippen MR) is 138 cm³/mol. The summed E-state index contributed by atoms with van der Waals surface area (Å²) in [5, 5.41) is 0. The van der Waals surface area contributed by atoms with Crippen LogP contribution in [-0.4, -0.2) is 11.9 Å². The number of hydrogen-bond acceptors (Lipinski definition) is 2. The van der Waals surface area contributed by atoms with E-state index < -0.39 is 0 Å². The summed E-state index contributed by atoms with van der Waals surface area (Å²) in [5.41, 5.74) is 4.39. The molecule has 2 nitrogen and oxygen atoms in total. The van der Waals surface area contributed by atoms with Gasteiger partial charge in [0.1, 0.15) is 5.75 Å². The van der Waals surface area contributed by atoms with Gasteiger partial charge in [0.05, 0.1) is 5.60 Å². The molecule has 5 aliphatic rings. The minimum absolute atomic E-state index is 0.0546. The zero-order chi connectivity index (χ0) is 23.4. The molecule has 0 heterocycles. The Morgan fingerprint density at radius 1 is 0.824 bits per heavy atom. The monoisotopic (exact) mass is 458 g/mol. The van der Waals surface area contributed by atoms with Crippen molar-refractivity contribution in [2.24, 2.45) is 29.6 Å². The van der Waals surface area contributed by atoms with E-state index in [2.05, 4.69) is 76.2 Å². The lowest BCUT2D eigenvalue weighted by molar-refractivity contribution is -0.197. The van der Waals surface area contributed by atoms with Crippen LogP contribution in [-0.2, 0) is 11.2 Å². The lowest BCUT2D eigenvalue weighted by Crippen LogP contribution is -2.43. The van der Waals surface area contributed by atoms with Crippen molar-refractivity contribution in [3.8, 4) is 5.75 Å². The lowest BCUT2D eigenvalue weighted by atomic mass is 9.78. The largest absolute Gasteiger partial charge is 0.464 e. The highest BCUT2D eigenvalue weighted by Crippen LogP contribution is 2.62. The molecule has 4 atom stereocenters. The molecule has 4 saturated carbocycles. The van der Waals surface area contributed by atoms with Gasteiger partial charge in [-0.2, -0.15) is 0 Å². The molecule has 5 aliphatic carbocycles. The van der Waals surface area contributed by atoms with Crippen LogP contribution in [0.3, 0.4) is 0 Å². The Bertz CT molecular complexity index is 978. The van der Waals surface area contributed by atoms with Gasteiger partial charge in [-0.25, -0.2) is 0 Å². The maximum absolute atomic E-state index is 7.15. The van der Waals surface area contributed by atoms with Gasteiger partial charge in [0.2, 0.25) is 6.29 Å². The fraction of sp³-hybridized carbons (Fsp3) is 0.625. The summed E-state index contributed by atoms with van der Waals surface area (Å²) in [6.45, 7) is 9.33. The van der Waals surface area contributed by atoms with E-state index in [1.807, 2.05) is 0 Å². The van der Waals surface area contributed by atoms with Crippen LogP contribution < -0.4 is 4.74 Å². The van der Waals surface area contributed by atoms with Gasteiger partial charge in [-0.05, 0) is 109 Å². The highest BCUT2D eigenvalue weighted by atomic mass is 16.7. The molecule has 4 fully saturated rings. The van der Waals surface area contributed by atoms with Crippen LogP contribution in [0.5, 0.6) is 5.75 Å². The molecule has 0 saturated heterocycles. The molecule has 0 spiro atoms. The molecule has 0 amide bonds. The fourth-order valence-electron chi connectivity index (χ4n) is 8.63. The number of aryl methyl sites for hydroxylation is 1. The molecule has 2 heteroatoms. The molecule has 2 aromatic rings. The van der Waals surface area contributed by atoms with Crippen LogP contribution in [0.15, 0.2) is 48.5 Å². The minimum Gasteiger partial charge on any atom is -0.464 e. The van der Waals surface area contributed by atoms with E-state index in [9.17, 15) is 0 Å². The first-order valence-corrected chi connectivity index (χ1v) is 13.9. The molecular formula is C32H42O2. The van der Waals surface area contributed by atoms with Gasteiger partial charge in [-0.1, -0.05) is 64.1 Å². The van der Waals surface area contributed by atoms with Crippen LogP contribution in [0.1, 0.15) is 94.7 Å². The molecule has 0 aliphatic heterocycles. The van der Waals surface area contributed by atoms with Gasteiger partial charge in [0.25, 0.3) is 0 Å². The van der Waals surface area contributed by atoms with Crippen molar-refractivity contribution in [2.45, 2.75) is 96.4 Å². The zero-order valence-corrected chi connectivity index (χ0v) is 21.5. The first kappa shape index (κ1) is 22.7. The van der Waals surface area contributed by atoms with Crippen molar-refractivity contribution >= 4 is 0 Å². The van der Waals surface area contributed by atoms with Crippen molar-refractivity contribution in [2.75, 3.05) is 0 Å². The lowest BCUT2D eigenvalue weighted by Gasteiger charge is -2.42. The third-order valence-electron chi connectivity index (χ3n) is 9.70. The van der Waals surface area contributed by atoms with Crippen molar-refractivity contribution in [1.29, 1.82) is 0 Å². The SMILES string of the molecule is CC(C)C(c1ccc(OC(OC23CC4CC(C2)C(C4)C3)C2CCc3ccccc32)cc1)C(C)C. The fourth-order valence-corrected chi connectivity index (χ4v) is 8.63. The number of benzene rings is 2. The van der Waals surface area contributed by atoms with Crippen molar-refractivity contribution < 1.29 is 9.47 Å². The molecule has 4 unspecified atom stereocenters. The van der Waals surface area contributed by atoms with Crippen LogP contribution in [0.2, 0.25) is 0 Å². The van der Waals surface area contributed by atoms with Gasteiger partial charge in [-0.15, -0.1) is 0 Å². The molecule has 0 radical (unpaired) electrons. The van der Waals surface area contributed by atoms with E-state index in [-0.39, 0.29) is 11.9 Å². The highest BCUT2D eigenvalue weighted by Gasteiger charge is 2.58. The molecule has 0 aromatic heterocycles. The number of fused-ring (bicyclic) bond motifs is 1. The summed E-state index contributed by atoms with van der Waals surface area (Å²) < 4.78 is 13.9. The number of ether oxygens (including phenoxy) is 2. The third-order valence-corrected chi connectivity index (χ3v) is 9.70. The summed E-state index contributed by atoms with van der Waals surface area (Å²) in [6, 6.07) is 17.9. The Labute approximate surface area is 206 Å². The standard InChI is InChI=1S/C32H42O2/c1-20(2)30(21(3)4)24-9-12-27(13-10-24)33-31(29-14-11-23-7-5-6-8-28(23)29)34-32-17-22-15-25(18-32)26(16-22)19-32/h5-10,12-13,20-22,25-26,29-31H,11,14-19H2,1-4H3. The van der Waals surface area contributed by atoms with E-state index >= 15 is 0 Å². The van der Waals surface area contributed by atoms with Crippen LogP contribution in [0.4, 0.5) is 0 Å². The summed E-state index contributed by atoms with van der Waals surface area (Å²) in [5.74, 6) is 5.80. The van der Waals surface area contributed by atoms with Crippen LogP contribution in [0, 0.1) is 29.6 Å². The molecule has 0 N–H and O–H groups in total. The van der Waals surface area contributed by atoms with E-state index in [0.717, 1.165) is 36.3 Å². The first-order valence-electron chi connectivity index (χ1n) is 13.9. The van der Waals surface area contributed by atoms with Crippen LogP contribution >= 0.6 is 0 Å². The van der Waals surface area contributed by atoms with Gasteiger partial charge >= 0.3 is 0 Å². The maximum Gasteiger partial charge on any atom is 0.207 e. The average molecular weight is 459 g/mol. The highest BCUT2D eigenvalue weighted by molar-refractivity contribution is 5.36. The summed E-state index contributed by atoms with van der Waals surface area (Å²) in [7, 11) is 0. The van der Waals surface area contributed by atoms with Gasteiger partial charge < -0.3 is 9.47 Å². The maximum atomic E-state index is 7.15. The quantitative estimate of drug-likeness (QED) is 0.372. The van der Waals surface area contributed by atoms with E-state index in [1.165, 1.54) is 48.8 Å². The van der Waals surface area contributed by atoms with Gasteiger partial charge in [0.15, 0.2) is 0 Å². The van der Waals surface area contributed by atoms with Crippen molar-refractivity contribution in [3.05, 3.63) is 65.2 Å². The Kier molecular flexibility index (Phi) is 5.79. The Balaban J connectivity index is 1.26. The smallest absolute Gasteiger partial charge is 0.207 e. The normalized spacial score (nSPS) is 32.2. The average Bonchev–Trinajstić information content (AvgIpc) is 3.41. The van der Waals surface area contributed by atoms with Gasteiger partial charge in [-0.3, -0.25) is 0 Å². The molecule has 182 valence electrons.